The molecule has 0 aliphatic heterocycles. The van der Waals surface area contributed by atoms with E-state index >= 15 is 0 Å². The third-order valence-electron chi connectivity index (χ3n) is 4.90. The number of ether oxygens (including phenoxy) is 2. The number of allylic oxidation sites excluding steroid dienone is 2. The van der Waals surface area contributed by atoms with Crippen molar-refractivity contribution in [3.63, 3.8) is 0 Å². The molecule has 0 aliphatic rings. The van der Waals surface area contributed by atoms with Crippen LogP contribution in [0.5, 0.6) is 5.75 Å². The number of ketones is 1. The lowest BCUT2D eigenvalue weighted by Gasteiger charge is -2.11. The van der Waals surface area contributed by atoms with E-state index in [1.807, 2.05) is 13.8 Å². The molecule has 0 bridgehead atoms. The summed E-state index contributed by atoms with van der Waals surface area (Å²) in [6.07, 6.45) is 1.03. The summed E-state index contributed by atoms with van der Waals surface area (Å²) in [6.45, 7) is 7.08. The van der Waals surface area contributed by atoms with Gasteiger partial charge in [-0.05, 0) is 56.5 Å². The average Bonchev–Trinajstić information content (AvgIpc) is 3.14. The number of aliphatic hydroxyl groups is 1. The summed E-state index contributed by atoms with van der Waals surface area (Å²) in [4.78, 5) is 11.5. The molecule has 0 spiro atoms. The number of aromatic nitrogens is 2. The molecule has 1 aromatic heterocycles. The van der Waals surface area contributed by atoms with Crippen LogP contribution in [0.2, 0.25) is 0 Å². The Balaban J connectivity index is 2.46. The lowest BCUT2D eigenvalue weighted by Crippen LogP contribution is -2.17. The Morgan fingerprint density at radius 3 is 2.57 bits per heavy atom. The Morgan fingerprint density at radius 2 is 1.97 bits per heavy atom. The first kappa shape index (κ1) is 27.7. The Kier molecular flexibility index (Phi) is 10.6. The van der Waals surface area contributed by atoms with Gasteiger partial charge in [-0.15, -0.1) is 13.2 Å². The summed E-state index contributed by atoms with van der Waals surface area (Å²) in [7, 11) is 0. The van der Waals surface area contributed by atoms with Gasteiger partial charge in [0.2, 0.25) is 0 Å². The third kappa shape index (κ3) is 8.65. The smallest absolute Gasteiger partial charge is 0.490 e. The number of alkyl halides is 3. The van der Waals surface area contributed by atoms with E-state index in [1.54, 1.807) is 10.8 Å². The van der Waals surface area contributed by atoms with Crippen LogP contribution in [0.15, 0.2) is 43.0 Å². The van der Waals surface area contributed by atoms with E-state index in [2.05, 4.69) is 23.2 Å². The van der Waals surface area contributed by atoms with Crippen molar-refractivity contribution in [2.45, 2.75) is 52.3 Å². The molecular formula is C26H29F3N2O4. The minimum Gasteiger partial charge on any atom is -0.490 e. The van der Waals surface area contributed by atoms with E-state index in [9.17, 15) is 23.1 Å². The van der Waals surface area contributed by atoms with E-state index in [1.165, 1.54) is 30.3 Å². The molecule has 0 unspecified atom stereocenters. The Bertz CT molecular complexity index is 1090. The lowest BCUT2D eigenvalue weighted by atomic mass is 10.0. The predicted molar refractivity (Wildman–Crippen MR) is 127 cm³/mol. The highest BCUT2D eigenvalue weighted by molar-refractivity contribution is 5.88. The molecule has 2 rings (SSSR count). The number of carbonyl (C=O) groups excluding carboxylic acids is 1. The number of nitrogens with zero attached hydrogens (tertiary/aromatic N) is 2. The second-order valence-corrected chi connectivity index (χ2v) is 7.49. The number of unbranched alkanes of at least 4 members (excludes halogenated alkanes) is 1. The molecule has 35 heavy (non-hydrogen) atoms. The molecule has 2 aromatic rings. The summed E-state index contributed by atoms with van der Waals surface area (Å²) < 4.78 is 48.9. The van der Waals surface area contributed by atoms with Crippen LogP contribution in [0.25, 0.3) is 11.4 Å². The molecule has 0 aliphatic carbocycles. The Morgan fingerprint density at radius 1 is 1.26 bits per heavy atom. The van der Waals surface area contributed by atoms with Gasteiger partial charge < -0.3 is 14.6 Å². The zero-order valence-electron chi connectivity index (χ0n) is 19.8. The van der Waals surface area contributed by atoms with Crippen molar-refractivity contribution in [3.05, 3.63) is 59.9 Å². The maximum atomic E-state index is 12.5. The van der Waals surface area contributed by atoms with Crippen LogP contribution < -0.4 is 4.74 Å². The molecule has 0 saturated carbocycles. The van der Waals surface area contributed by atoms with Crippen molar-refractivity contribution >= 4 is 11.5 Å². The first-order chi connectivity index (χ1) is 16.7. The number of carbonyl (C=O) groups is 1. The molecule has 0 amide bonds. The summed E-state index contributed by atoms with van der Waals surface area (Å²) >= 11 is 0. The largest absolute Gasteiger partial charge is 0.573 e. The molecule has 0 atom stereocenters. The van der Waals surface area contributed by atoms with E-state index < -0.39 is 6.36 Å². The Labute approximate surface area is 203 Å². The van der Waals surface area contributed by atoms with Crippen molar-refractivity contribution < 1.29 is 32.5 Å². The average molecular weight is 491 g/mol. The maximum absolute atomic E-state index is 12.5. The van der Waals surface area contributed by atoms with Gasteiger partial charge in [0.25, 0.3) is 0 Å². The van der Waals surface area contributed by atoms with E-state index in [0.717, 1.165) is 0 Å². The number of hydrogen-bond donors (Lipinski definition) is 1. The second kappa shape index (κ2) is 13.4. The number of rotatable bonds is 12. The summed E-state index contributed by atoms with van der Waals surface area (Å²) in [6, 6.07) is 5.39. The highest BCUT2D eigenvalue weighted by Crippen LogP contribution is 2.29. The minimum atomic E-state index is -4.78. The van der Waals surface area contributed by atoms with Gasteiger partial charge in [0, 0.05) is 18.9 Å². The SMILES string of the molecule is C=CC(=O)CCCCc1nn(-c2ccc(OC(F)(F)F)cc2)c(C)c1/C(=C\C#CCC)OCCO. The van der Waals surface area contributed by atoms with Crippen LogP contribution in [-0.4, -0.2) is 40.2 Å². The molecule has 1 N–H and O–H groups in total. The molecule has 0 saturated heterocycles. The fraction of sp³-hybridized carbons (Fsp3) is 0.385. The Hall–Kier alpha value is -3.51. The summed E-state index contributed by atoms with van der Waals surface area (Å²) in [5.41, 5.74) is 2.60. The van der Waals surface area contributed by atoms with Gasteiger partial charge in [-0.3, -0.25) is 4.79 Å². The monoisotopic (exact) mass is 490 g/mol. The van der Waals surface area contributed by atoms with Crippen molar-refractivity contribution in [3.8, 4) is 23.3 Å². The first-order valence-electron chi connectivity index (χ1n) is 11.2. The number of aryl methyl sites for hydroxylation is 1. The molecule has 6 nitrogen and oxygen atoms in total. The molecule has 1 heterocycles. The second-order valence-electron chi connectivity index (χ2n) is 7.49. The van der Waals surface area contributed by atoms with Crippen LogP contribution in [-0.2, 0) is 16.0 Å². The maximum Gasteiger partial charge on any atom is 0.573 e. The molecule has 0 radical (unpaired) electrons. The first-order valence-corrected chi connectivity index (χ1v) is 11.2. The van der Waals surface area contributed by atoms with Crippen LogP contribution in [0, 0.1) is 18.8 Å². The highest BCUT2D eigenvalue weighted by atomic mass is 19.4. The number of hydrogen-bond acceptors (Lipinski definition) is 5. The molecular weight excluding hydrogens is 461 g/mol. The zero-order chi connectivity index (χ0) is 25.8. The minimum absolute atomic E-state index is 0.0326. The fourth-order valence-electron chi connectivity index (χ4n) is 3.35. The predicted octanol–water partition coefficient (Wildman–Crippen LogP) is 5.31. The number of halogens is 3. The van der Waals surface area contributed by atoms with E-state index in [-0.39, 0.29) is 24.7 Å². The number of benzene rings is 1. The lowest BCUT2D eigenvalue weighted by molar-refractivity contribution is -0.274. The topological polar surface area (TPSA) is 73.6 Å². The van der Waals surface area contributed by atoms with Gasteiger partial charge in [0.1, 0.15) is 18.1 Å². The van der Waals surface area contributed by atoms with Gasteiger partial charge in [0.15, 0.2) is 5.78 Å². The summed E-state index contributed by atoms with van der Waals surface area (Å²) in [5.74, 6) is 5.96. The van der Waals surface area contributed by atoms with Crippen LogP contribution in [0.4, 0.5) is 13.2 Å². The normalized spacial score (nSPS) is 11.5. The van der Waals surface area contributed by atoms with Crippen LogP contribution >= 0.6 is 0 Å². The standard InChI is InChI=1S/C26H29F3N2O4/c1-4-6-7-12-24(34-18-17-32)25-19(3)31(30-23(25)11-9-8-10-21(33)5-2)20-13-15-22(16-14-20)35-26(27,28)29/h5,12-16,32H,2,4,8-11,17-18H2,1,3H3/b24-12+. The molecule has 188 valence electrons. The molecule has 1 aromatic carbocycles. The van der Waals surface area contributed by atoms with E-state index in [4.69, 9.17) is 9.84 Å². The van der Waals surface area contributed by atoms with Gasteiger partial charge >= 0.3 is 6.36 Å². The zero-order valence-corrected chi connectivity index (χ0v) is 19.8. The van der Waals surface area contributed by atoms with Crippen LogP contribution in [0.3, 0.4) is 0 Å². The van der Waals surface area contributed by atoms with E-state index in [0.29, 0.717) is 60.5 Å². The fourth-order valence-corrected chi connectivity index (χ4v) is 3.35. The van der Waals surface area contributed by atoms with Gasteiger partial charge in [-0.1, -0.05) is 25.3 Å². The van der Waals surface area contributed by atoms with Crippen molar-refractivity contribution in [1.82, 2.24) is 9.78 Å². The quantitative estimate of drug-likeness (QED) is 0.189. The van der Waals surface area contributed by atoms with Crippen LogP contribution in [0.1, 0.15) is 49.6 Å². The van der Waals surface area contributed by atoms with Gasteiger partial charge in [0.05, 0.1) is 29.2 Å². The molecule has 9 heteroatoms. The van der Waals surface area contributed by atoms with Gasteiger partial charge in [-0.25, -0.2) is 4.68 Å². The number of aliphatic hydroxyl groups excluding tert-OH is 1. The highest BCUT2D eigenvalue weighted by Gasteiger charge is 2.31. The van der Waals surface area contributed by atoms with Crippen molar-refractivity contribution in [2.24, 2.45) is 0 Å². The summed E-state index contributed by atoms with van der Waals surface area (Å²) in [5, 5.41) is 14.0. The van der Waals surface area contributed by atoms with Crippen molar-refractivity contribution in [2.75, 3.05) is 13.2 Å². The van der Waals surface area contributed by atoms with Crippen molar-refractivity contribution in [1.29, 1.82) is 0 Å². The molecule has 0 fully saturated rings. The van der Waals surface area contributed by atoms with Gasteiger partial charge in [-0.2, -0.15) is 5.10 Å². The third-order valence-corrected chi connectivity index (χ3v) is 4.90.